The number of hydrogen-bond donors (Lipinski definition) is 1. The third-order valence-corrected chi connectivity index (χ3v) is 4.75. The first-order valence-corrected chi connectivity index (χ1v) is 8.94. The molecular formula is C20H21N3O3. The Kier molecular flexibility index (Phi) is 4.48. The Morgan fingerprint density at radius 3 is 2.58 bits per heavy atom. The first-order valence-electron chi connectivity index (χ1n) is 8.94. The first kappa shape index (κ1) is 16.4. The number of aromatic nitrogens is 1. The number of fused-ring (bicyclic) bond motifs is 1. The van der Waals surface area contributed by atoms with Gasteiger partial charge < -0.3 is 14.6 Å². The largest absolute Gasteiger partial charge is 0.420 e. The number of rotatable bonds is 4. The van der Waals surface area contributed by atoms with Crippen molar-refractivity contribution in [3.8, 4) is 0 Å². The maximum absolute atomic E-state index is 12.6. The van der Waals surface area contributed by atoms with Crippen molar-refractivity contribution in [3.05, 3.63) is 59.1 Å². The molecule has 2 heterocycles. The number of carbonyl (C=O) groups is 1. The minimum absolute atomic E-state index is 0.0792. The highest BCUT2D eigenvalue weighted by atomic mass is 16.4. The van der Waals surface area contributed by atoms with E-state index < -0.39 is 5.76 Å². The summed E-state index contributed by atoms with van der Waals surface area (Å²) in [6.45, 7) is 1.92. The van der Waals surface area contributed by atoms with Crippen molar-refractivity contribution in [3.63, 3.8) is 0 Å². The van der Waals surface area contributed by atoms with Crippen LogP contribution in [0.4, 0.5) is 11.4 Å². The summed E-state index contributed by atoms with van der Waals surface area (Å²) in [6.07, 6.45) is 3.58. The van der Waals surface area contributed by atoms with Crippen LogP contribution in [-0.2, 0) is 11.3 Å². The summed E-state index contributed by atoms with van der Waals surface area (Å²) < 4.78 is 6.54. The zero-order valence-corrected chi connectivity index (χ0v) is 14.5. The molecule has 0 atom stereocenters. The molecule has 6 heteroatoms. The molecule has 3 aromatic rings. The number of para-hydroxylation sites is 4. The molecule has 0 spiro atoms. The lowest BCUT2D eigenvalue weighted by Gasteiger charge is -2.30. The van der Waals surface area contributed by atoms with Gasteiger partial charge in [0.15, 0.2) is 5.58 Å². The second-order valence-electron chi connectivity index (χ2n) is 6.53. The SMILES string of the molecule is O=C(Cn1c(=O)oc2ccccc21)Nc1ccccc1N1CCCCC1. The summed E-state index contributed by atoms with van der Waals surface area (Å²) >= 11 is 0. The number of piperidine rings is 1. The van der Waals surface area contributed by atoms with Crippen LogP contribution in [0.1, 0.15) is 19.3 Å². The fraction of sp³-hybridized carbons (Fsp3) is 0.300. The molecule has 26 heavy (non-hydrogen) atoms. The summed E-state index contributed by atoms with van der Waals surface area (Å²) in [5.74, 6) is -0.770. The second kappa shape index (κ2) is 7.07. The molecule has 6 nitrogen and oxygen atoms in total. The lowest BCUT2D eigenvalue weighted by atomic mass is 10.1. The van der Waals surface area contributed by atoms with Crippen LogP contribution in [0.25, 0.3) is 11.1 Å². The predicted molar refractivity (Wildman–Crippen MR) is 102 cm³/mol. The van der Waals surface area contributed by atoms with E-state index >= 15 is 0 Å². The van der Waals surface area contributed by atoms with Gasteiger partial charge in [-0.3, -0.25) is 9.36 Å². The quantitative estimate of drug-likeness (QED) is 0.784. The Hall–Kier alpha value is -3.02. The lowest BCUT2D eigenvalue weighted by Crippen LogP contribution is -2.31. The van der Waals surface area contributed by atoms with Crippen molar-refractivity contribution in [1.29, 1.82) is 0 Å². The second-order valence-corrected chi connectivity index (χ2v) is 6.53. The minimum Gasteiger partial charge on any atom is -0.408 e. The van der Waals surface area contributed by atoms with Gasteiger partial charge in [-0.15, -0.1) is 0 Å². The van der Waals surface area contributed by atoms with Crippen molar-refractivity contribution < 1.29 is 9.21 Å². The van der Waals surface area contributed by atoms with Crippen molar-refractivity contribution in [2.24, 2.45) is 0 Å². The van der Waals surface area contributed by atoms with Gasteiger partial charge in [-0.05, 0) is 43.5 Å². The van der Waals surface area contributed by atoms with Gasteiger partial charge in [0.05, 0.1) is 16.9 Å². The minimum atomic E-state index is -0.523. The van der Waals surface area contributed by atoms with Crippen molar-refractivity contribution in [1.82, 2.24) is 4.57 Å². The average Bonchev–Trinajstić information content (AvgIpc) is 2.98. The van der Waals surface area contributed by atoms with Gasteiger partial charge >= 0.3 is 5.76 Å². The Balaban J connectivity index is 1.55. The molecule has 1 fully saturated rings. The molecule has 1 aromatic heterocycles. The standard InChI is InChI=1S/C20H21N3O3/c24-19(14-23-17-10-4-5-11-18(17)26-20(23)25)21-15-8-2-3-9-16(15)22-12-6-1-7-13-22/h2-5,8-11H,1,6-7,12-14H2,(H,21,24). The van der Waals surface area contributed by atoms with E-state index in [1.807, 2.05) is 30.3 Å². The molecule has 2 aromatic carbocycles. The highest BCUT2D eigenvalue weighted by Crippen LogP contribution is 2.28. The van der Waals surface area contributed by atoms with Gasteiger partial charge in [-0.1, -0.05) is 24.3 Å². The maximum atomic E-state index is 12.6. The number of anilines is 2. The highest BCUT2D eigenvalue weighted by molar-refractivity contribution is 5.94. The average molecular weight is 351 g/mol. The van der Waals surface area contributed by atoms with Gasteiger partial charge in [-0.2, -0.15) is 0 Å². The number of amides is 1. The number of benzene rings is 2. The molecule has 1 amide bonds. The maximum Gasteiger partial charge on any atom is 0.420 e. The van der Waals surface area contributed by atoms with Crippen LogP contribution in [-0.4, -0.2) is 23.6 Å². The molecule has 0 unspecified atom stereocenters. The Morgan fingerprint density at radius 1 is 1.00 bits per heavy atom. The number of nitrogens with zero attached hydrogens (tertiary/aromatic N) is 2. The van der Waals surface area contributed by atoms with Crippen molar-refractivity contribution in [2.75, 3.05) is 23.3 Å². The fourth-order valence-corrected chi connectivity index (χ4v) is 3.49. The summed E-state index contributed by atoms with van der Waals surface area (Å²) in [6, 6.07) is 14.9. The number of hydrogen-bond acceptors (Lipinski definition) is 4. The molecule has 0 radical (unpaired) electrons. The molecule has 0 saturated carbocycles. The Bertz CT molecular complexity index is 983. The number of carbonyl (C=O) groups excluding carboxylic acids is 1. The molecule has 0 bridgehead atoms. The van der Waals surface area contributed by atoms with E-state index in [0.29, 0.717) is 11.1 Å². The van der Waals surface area contributed by atoms with Crippen LogP contribution in [0.3, 0.4) is 0 Å². The van der Waals surface area contributed by atoms with Crippen LogP contribution >= 0.6 is 0 Å². The first-order chi connectivity index (χ1) is 12.7. The Morgan fingerprint density at radius 2 is 1.73 bits per heavy atom. The van der Waals surface area contributed by atoms with E-state index in [0.717, 1.165) is 24.5 Å². The fourth-order valence-electron chi connectivity index (χ4n) is 3.49. The normalized spacial score (nSPS) is 14.5. The number of nitrogens with one attached hydrogen (secondary N) is 1. The van der Waals surface area contributed by atoms with E-state index in [1.54, 1.807) is 18.2 Å². The molecule has 1 aliphatic heterocycles. The summed E-state index contributed by atoms with van der Waals surface area (Å²) in [7, 11) is 0. The van der Waals surface area contributed by atoms with Crippen LogP contribution < -0.4 is 16.0 Å². The smallest absolute Gasteiger partial charge is 0.408 e. The van der Waals surface area contributed by atoms with Crippen LogP contribution in [0.5, 0.6) is 0 Å². The van der Waals surface area contributed by atoms with Gasteiger partial charge in [0.1, 0.15) is 6.54 Å². The predicted octanol–water partition coefficient (Wildman–Crippen LogP) is 3.22. The van der Waals surface area contributed by atoms with Crippen molar-refractivity contribution >= 4 is 28.4 Å². The molecule has 134 valence electrons. The molecule has 1 N–H and O–H groups in total. The molecule has 1 aliphatic rings. The summed E-state index contributed by atoms with van der Waals surface area (Å²) in [4.78, 5) is 26.9. The van der Waals surface area contributed by atoms with E-state index in [9.17, 15) is 9.59 Å². The third-order valence-electron chi connectivity index (χ3n) is 4.75. The Labute approximate surface area is 151 Å². The van der Waals surface area contributed by atoms with E-state index in [4.69, 9.17) is 4.42 Å². The van der Waals surface area contributed by atoms with Gasteiger partial charge in [0.2, 0.25) is 5.91 Å². The third kappa shape index (κ3) is 3.22. The van der Waals surface area contributed by atoms with E-state index in [2.05, 4.69) is 10.2 Å². The van der Waals surface area contributed by atoms with Gasteiger partial charge in [0.25, 0.3) is 0 Å². The molecule has 0 aliphatic carbocycles. The monoisotopic (exact) mass is 351 g/mol. The van der Waals surface area contributed by atoms with E-state index in [1.165, 1.54) is 23.8 Å². The highest BCUT2D eigenvalue weighted by Gasteiger charge is 2.17. The zero-order valence-electron chi connectivity index (χ0n) is 14.5. The summed E-state index contributed by atoms with van der Waals surface area (Å²) in [5.41, 5.74) is 2.92. The van der Waals surface area contributed by atoms with Gasteiger partial charge in [0, 0.05) is 13.1 Å². The van der Waals surface area contributed by atoms with Crippen molar-refractivity contribution in [2.45, 2.75) is 25.8 Å². The van der Waals surface area contributed by atoms with Gasteiger partial charge in [-0.25, -0.2) is 4.79 Å². The van der Waals surface area contributed by atoms with Crippen LogP contribution in [0, 0.1) is 0 Å². The topological polar surface area (TPSA) is 67.5 Å². The number of oxazole rings is 1. The van der Waals surface area contributed by atoms with E-state index in [-0.39, 0.29) is 12.5 Å². The lowest BCUT2D eigenvalue weighted by molar-refractivity contribution is -0.116. The molecule has 4 rings (SSSR count). The zero-order chi connectivity index (χ0) is 17.9. The van der Waals surface area contributed by atoms with Crippen LogP contribution in [0.2, 0.25) is 0 Å². The molecule has 1 saturated heterocycles. The molecular weight excluding hydrogens is 330 g/mol. The summed E-state index contributed by atoms with van der Waals surface area (Å²) in [5, 5.41) is 2.96. The van der Waals surface area contributed by atoms with Crippen LogP contribution in [0.15, 0.2) is 57.7 Å².